The van der Waals surface area contributed by atoms with Gasteiger partial charge in [-0.3, -0.25) is 4.90 Å². The molecule has 0 aromatic carbocycles. The summed E-state index contributed by atoms with van der Waals surface area (Å²) >= 11 is 1.45. The van der Waals surface area contributed by atoms with Crippen LogP contribution >= 0.6 is 11.5 Å². The topological polar surface area (TPSA) is 52.5 Å². The lowest BCUT2D eigenvalue weighted by atomic mass is 10.4. The van der Waals surface area contributed by atoms with Crippen molar-refractivity contribution in [1.82, 2.24) is 14.3 Å². The molecule has 2 heterocycles. The molecule has 5 nitrogen and oxygen atoms in total. The molecule has 0 aliphatic carbocycles. The van der Waals surface area contributed by atoms with Gasteiger partial charge in [0.05, 0.1) is 6.61 Å². The minimum absolute atomic E-state index is 0.249. The number of hydrogen-bond donors (Lipinski definition) is 1. The molecule has 84 valence electrons. The van der Waals surface area contributed by atoms with Crippen LogP contribution in [0.15, 0.2) is 6.33 Å². The molecule has 1 aromatic heterocycles. The van der Waals surface area contributed by atoms with Gasteiger partial charge in [-0.25, -0.2) is 4.98 Å². The number of nitrogens with zero attached hydrogens (tertiary/aromatic N) is 4. The summed E-state index contributed by atoms with van der Waals surface area (Å²) < 4.78 is 4.02. The monoisotopic (exact) mass is 228 g/mol. The maximum absolute atomic E-state index is 8.88. The molecule has 1 saturated heterocycles. The van der Waals surface area contributed by atoms with Gasteiger partial charge in [0.25, 0.3) is 0 Å². The average Bonchev–Trinajstić information content (AvgIpc) is 2.67. The third-order valence-electron chi connectivity index (χ3n) is 2.62. The summed E-state index contributed by atoms with van der Waals surface area (Å²) in [5.74, 6) is 0. The second-order valence-corrected chi connectivity index (χ2v) is 4.39. The van der Waals surface area contributed by atoms with Crippen molar-refractivity contribution in [3.8, 4) is 0 Å². The van der Waals surface area contributed by atoms with Crippen molar-refractivity contribution in [1.29, 1.82) is 0 Å². The molecule has 0 amide bonds. The van der Waals surface area contributed by atoms with E-state index >= 15 is 0 Å². The van der Waals surface area contributed by atoms with Gasteiger partial charge in [-0.2, -0.15) is 4.37 Å². The van der Waals surface area contributed by atoms with Gasteiger partial charge >= 0.3 is 0 Å². The summed E-state index contributed by atoms with van der Waals surface area (Å²) in [5.41, 5.74) is 0. The maximum atomic E-state index is 8.88. The van der Waals surface area contributed by atoms with Gasteiger partial charge in [-0.05, 0) is 13.0 Å². The molecule has 0 atom stereocenters. The molecule has 0 saturated carbocycles. The van der Waals surface area contributed by atoms with Crippen LogP contribution in [0.5, 0.6) is 0 Å². The van der Waals surface area contributed by atoms with Gasteiger partial charge < -0.3 is 10.0 Å². The van der Waals surface area contributed by atoms with E-state index < -0.39 is 0 Å². The van der Waals surface area contributed by atoms with Gasteiger partial charge in [-0.15, -0.1) is 0 Å². The van der Waals surface area contributed by atoms with Crippen LogP contribution in [0.4, 0.5) is 5.13 Å². The lowest BCUT2D eigenvalue weighted by Gasteiger charge is -2.20. The van der Waals surface area contributed by atoms with Crippen molar-refractivity contribution in [3.05, 3.63) is 6.33 Å². The lowest BCUT2D eigenvalue weighted by molar-refractivity contribution is 0.204. The first-order chi connectivity index (χ1) is 7.40. The number of anilines is 1. The van der Waals surface area contributed by atoms with Crippen LogP contribution in [0, 0.1) is 0 Å². The summed E-state index contributed by atoms with van der Waals surface area (Å²) in [7, 11) is 0. The Hall–Kier alpha value is -0.720. The normalized spacial score (nSPS) is 19.1. The minimum Gasteiger partial charge on any atom is -0.395 e. The first-order valence-electron chi connectivity index (χ1n) is 5.25. The first kappa shape index (κ1) is 10.8. The Kier molecular flexibility index (Phi) is 3.87. The molecule has 6 heteroatoms. The zero-order chi connectivity index (χ0) is 10.5. The molecular formula is C9H16N4OS. The van der Waals surface area contributed by atoms with E-state index in [0.717, 1.165) is 44.3 Å². The zero-order valence-corrected chi connectivity index (χ0v) is 9.49. The van der Waals surface area contributed by atoms with Crippen LogP contribution in [0.25, 0.3) is 0 Å². The van der Waals surface area contributed by atoms with E-state index in [9.17, 15) is 0 Å². The highest BCUT2D eigenvalue weighted by atomic mass is 32.1. The van der Waals surface area contributed by atoms with Gasteiger partial charge in [-0.1, -0.05) is 0 Å². The predicted molar refractivity (Wildman–Crippen MR) is 60.3 cm³/mol. The van der Waals surface area contributed by atoms with Gasteiger partial charge in [0.2, 0.25) is 5.13 Å². The molecule has 1 fully saturated rings. The molecule has 1 aliphatic heterocycles. The molecule has 0 spiro atoms. The van der Waals surface area contributed by atoms with E-state index in [1.54, 1.807) is 6.33 Å². The van der Waals surface area contributed by atoms with Crippen LogP contribution in [-0.2, 0) is 0 Å². The minimum atomic E-state index is 0.249. The molecule has 0 radical (unpaired) electrons. The van der Waals surface area contributed by atoms with E-state index in [1.807, 2.05) is 0 Å². The number of hydrogen-bond acceptors (Lipinski definition) is 6. The number of rotatable bonds is 3. The van der Waals surface area contributed by atoms with E-state index in [0.29, 0.717) is 0 Å². The Morgan fingerprint density at radius 2 is 2.27 bits per heavy atom. The Balaban J connectivity index is 1.90. The fourth-order valence-electron chi connectivity index (χ4n) is 1.83. The van der Waals surface area contributed by atoms with Gasteiger partial charge in [0, 0.05) is 37.7 Å². The molecule has 0 bridgehead atoms. The van der Waals surface area contributed by atoms with Gasteiger partial charge in [0.1, 0.15) is 6.33 Å². The smallest absolute Gasteiger partial charge is 0.204 e. The molecule has 1 aliphatic rings. The molecular weight excluding hydrogens is 212 g/mol. The lowest BCUT2D eigenvalue weighted by Crippen LogP contribution is -2.32. The van der Waals surface area contributed by atoms with Gasteiger partial charge in [0.15, 0.2) is 0 Å². The average molecular weight is 228 g/mol. The third-order valence-corrected chi connectivity index (χ3v) is 3.35. The van der Waals surface area contributed by atoms with Crippen LogP contribution in [-0.4, -0.2) is 58.7 Å². The second kappa shape index (κ2) is 5.39. The first-order valence-corrected chi connectivity index (χ1v) is 6.02. The summed E-state index contributed by atoms with van der Waals surface area (Å²) in [6, 6.07) is 0. The van der Waals surface area contributed by atoms with E-state index in [1.165, 1.54) is 11.5 Å². The maximum Gasteiger partial charge on any atom is 0.204 e. The van der Waals surface area contributed by atoms with E-state index in [2.05, 4.69) is 19.2 Å². The predicted octanol–water partition coefficient (Wildman–Crippen LogP) is 0.0425. The van der Waals surface area contributed by atoms with Crippen LogP contribution in [0.1, 0.15) is 6.42 Å². The summed E-state index contributed by atoms with van der Waals surface area (Å²) in [6.45, 7) is 5.12. The molecule has 1 aromatic rings. The van der Waals surface area contributed by atoms with Crippen LogP contribution < -0.4 is 4.90 Å². The highest BCUT2D eigenvalue weighted by Crippen LogP contribution is 2.16. The Morgan fingerprint density at radius 3 is 3.00 bits per heavy atom. The molecule has 1 N–H and O–H groups in total. The summed E-state index contributed by atoms with van der Waals surface area (Å²) in [6.07, 6.45) is 2.73. The van der Waals surface area contributed by atoms with E-state index in [4.69, 9.17) is 5.11 Å². The standard InChI is InChI=1S/C9H16N4OS/c14-7-6-12-2-1-3-13(5-4-12)9-10-8-11-15-9/h8,14H,1-7H2. The summed E-state index contributed by atoms with van der Waals surface area (Å²) in [5, 5.41) is 9.90. The van der Waals surface area contributed by atoms with Crippen molar-refractivity contribution in [2.45, 2.75) is 6.42 Å². The van der Waals surface area contributed by atoms with Crippen molar-refractivity contribution in [2.24, 2.45) is 0 Å². The van der Waals surface area contributed by atoms with Crippen molar-refractivity contribution in [3.63, 3.8) is 0 Å². The molecule has 0 unspecified atom stereocenters. The number of aliphatic hydroxyl groups is 1. The number of aliphatic hydroxyl groups excluding tert-OH is 1. The summed E-state index contributed by atoms with van der Waals surface area (Å²) in [4.78, 5) is 8.78. The van der Waals surface area contributed by atoms with Crippen LogP contribution in [0.3, 0.4) is 0 Å². The molecule has 2 rings (SSSR count). The highest BCUT2D eigenvalue weighted by molar-refractivity contribution is 7.09. The van der Waals surface area contributed by atoms with Crippen molar-refractivity contribution < 1.29 is 5.11 Å². The number of aromatic nitrogens is 2. The van der Waals surface area contributed by atoms with Crippen molar-refractivity contribution >= 4 is 16.7 Å². The Bertz CT molecular complexity index is 280. The van der Waals surface area contributed by atoms with Crippen molar-refractivity contribution in [2.75, 3.05) is 44.2 Å². The fraction of sp³-hybridized carbons (Fsp3) is 0.778. The fourth-order valence-corrected chi connectivity index (χ4v) is 2.41. The quantitative estimate of drug-likeness (QED) is 0.792. The second-order valence-electron chi connectivity index (χ2n) is 3.63. The van der Waals surface area contributed by atoms with E-state index in [-0.39, 0.29) is 6.61 Å². The largest absolute Gasteiger partial charge is 0.395 e. The zero-order valence-electron chi connectivity index (χ0n) is 8.67. The highest BCUT2D eigenvalue weighted by Gasteiger charge is 2.16. The SMILES string of the molecule is OCCN1CCCN(c2ncns2)CC1. The van der Waals surface area contributed by atoms with Crippen LogP contribution in [0.2, 0.25) is 0 Å². The third kappa shape index (κ3) is 2.87. The Labute approximate surface area is 93.5 Å². The Morgan fingerprint density at radius 1 is 1.33 bits per heavy atom. The number of β-amino-alcohol motifs (C(OH)–C–C–N with tert-alkyl or cyclic N) is 1. The molecule has 15 heavy (non-hydrogen) atoms.